The molecule has 0 spiro atoms. The summed E-state index contributed by atoms with van der Waals surface area (Å²) in [6.45, 7) is 0. The Balaban J connectivity index is 2.07. The zero-order valence-corrected chi connectivity index (χ0v) is 14.7. The lowest BCUT2D eigenvalue weighted by Gasteiger charge is -2.12. The van der Waals surface area contributed by atoms with Gasteiger partial charge in [0.2, 0.25) is 5.43 Å². The van der Waals surface area contributed by atoms with Crippen LogP contribution in [0.5, 0.6) is 5.75 Å². The molecular formula is C22H13NO5. The van der Waals surface area contributed by atoms with Gasteiger partial charge in [-0.25, -0.2) is 4.79 Å². The molecule has 2 heterocycles. The highest BCUT2D eigenvalue weighted by Crippen LogP contribution is 2.38. The number of para-hydroxylation sites is 2. The summed E-state index contributed by atoms with van der Waals surface area (Å²) in [5.41, 5.74) is 1.11. The molecule has 0 amide bonds. The lowest BCUT2D eigenvalue weighted by atomic mass is 10.00. The van der Waals surface area contributed by atoms with Crippen molar-refractivity contribution in [3.8, 4) is 5.75 Å². The highest BCUT2D eigenvalue weighted by atomic mass is 16.5. The van der Waals surface area contributed by atoms with E-state index in [9.17, 15) is 14.7 Å². The monoisotopic (exact) mass is 371 g/mol. The van der Waals surface area contributed by atoms with Crippen LogP contribution in [0.1, 0.15) is 10.4 Å². The summed E-state index contributed by atoms with van der Waals surface area (Å²) in [6, 6.07) is 13.7. The average molecular weight is 371 g/mol. The second kappa shape index (κ2) is 5.79. The first-order valence-electron chi connectivity index (χ1n) is 8.57. The third kappa shape index (κ3) is 2.11. The average Bonchev–Trinajstić information content (AvgIpc) is 2.71. The Bertz CT molecular complexity index is 1500. The van der Waals surface area contributed by atoms with Crippen molar-refractivity contribution in [1.29, 1.82) is 0 Å². The number of hydrogen-bond acceptors (Lipinski definition) is 5. The van der Waals surface area contributed by atoms with Crippen LogP contribution in [-0.2, 0) is 0 Å². The predicted molar refractivity (Wildman–Crippen MR) is 106 cm³/mol. The van der Waals surface area contributed by atoms with Crippen LogP contribution >= 0.6 is 0 Å². The summed E-state index contributed by atoms with van der Waals surface area (Å²) in [5.74, 6) is -0.718. The van der Waals surface area contributed by atoms with E-state index in [4.69, 9.17) is 9.15 Å². The molecule has 2 aromatic heterocycles. The molecule has 0 aliphatic heterocycles. The normalized spacial score (nSPS) is 11.5. The molecule has 0 aliphatic rings. The molecule has 0 fully saturated rings. The van der Waals surface area contributed by atoms with Gasteiger partial charge in [0, 0.05) is 22.4 Å². The Labute approximate surface area is 157 Å². The number of benzene rings is 3. The van der Waals surface area contributed by atoms with E-state index in [1.165, 1.54) is 13.2 Å². The molecule has 5 rings (SSSR count). The summed E-state index contributed by atoms with van der Waals surface area (Å²) in [6.07, 6.45) is 1.57. The number of rotatable bonds is 2. The topological polar surface area (TPSA) is 89.6 Å². The minimum atomic E-state index is -1.07. The number of carboxylic acids is 1. The minimum absolute atomic E-state index is 0.0899. The predicted octanol–water partition coefficient (Wildman–Crippen LogP) is 4.35. The fourth-order valence-corrected chi connectivity index (χ4v) is 3.72. The summed E-state index contributed by atoms with van der Waals surface area (Å²) >= 11 is 0. The number of ether oxygens (including phenoxy) is 1. The van der Waals surface area contributed by atoms with Gasteiger partial charge in [-0.2, -0.15) is 0 Å². The van der Waals surface area contributed by atoms with E-state index in [1.54, 1.807) is 48.7 Å². The van der Waals surface area contributed by atoms with Gasteiger partial charge in [0.25, 0.3) is 0 Å². The van der Waals surface area contributed by atoms with E-state index < -0.39 is 5.97 Å². The SMILES string of the molecule is COc1c2c(=O)c3ccccc3oc2cc2cnc3c(C(=O)O)cccc3c12. The zero-order chi connectivity index (χ0) is 19.4. The third-order valence-corrected chi connectivity index (χ3v) is 4.93. The van der Waals surface area contributed by atoms with Crippen LogP contribution in [0.2, 0.25) is 0 Å². The standard InChI is InChI=1S/C22H13NO5/c1-27-21-17-11(10-23-19-13(17)6-4-7-14(19)22(25)26)9-16-18(21)20(24)12-5-2-3-8-15(12)28-16/h2-10H,1H3,(H,25,26). The van der Waals surface area contributed by atoms with E-state index in [0.29, 0.717) is 49.4 Å². The van der Waals surface area contributed by atoms with Gasteiger partial charge in [-0.15, -0.1) is 0 Å². The molecule has 136 valence electrons. The zero-order valence-electron chi connectivity index (χ0n) is 14.7. The molecule has 0 unspecified atom stereocenters. The maximum Gasteiger partial charge on any atom is 0.337 e. The summed E-state index contributed by atoms with van der Waals surface area (Å²) in [7, 11) is 1.48. The number of nitrogens with zero attached hydrogens (tertiary/aromatic N) is 1. The van der Waals surface area contributed by atoms with Gasteiger partial charge in [0.1, 0.15) is 22.3 Å². The van der Waals surface area contributed by atoms with Crippen molar-refractivity contribution in [3.63, 3.8) is 0 Å². The number of fused-ring (bicyclic) bond motifs is 5. The van der Waals surface area contributed by atoms with E-state index in [-0.39, 0.29) is 11.0 Å². The fourth-order valence-electron chi connectivity index (χ4n) is 3.72. The van der Waals surface area contributed by atoms with Crippen molar-refractivity contribution in [1.82, 2.24) is 4.98 Å². The molecule has 28 heavy (non-hydrogen) atoms. The molecule has 0 saturated carbocycles. The molecule has 6 heteroatoms. The molecular weight excluding hydrogens is 358 g/mol. The van der Waals surface area contributed by atoms with Gasteiger partial charge in [-0.3, -0.25) is 9.78 Å². The van der Waals surface area contributed by atoms with Gasteiger partial charge in [-0.05, 0) is 24.3 Å². The van der Waals surface area contributed by atoms with Crippen LogP contribution in [0, 0.1) is 0 Å². The smallest absolute Gasteiger partial charge is 0.337 e. The van der Waals surface area contributed by atoms with Crippen molar-refractivity contribution in [3.05, 3.63) is 70.5 Å². The van der Waals surface area contributed by atoms with E-state index in [0.717, 1.165) is 0 Å². The van der Waals surface area contributed by atoms with Crippen molar-refractivity contribution in [2.45, 2.75) is 0 Å². The Morgan fingerprint density at radius 2 is 1.82 bits per heavy atom. The van der Waals surface area contributed by atoms with Crippen LogP contribution in [-0.4, -0.2) is 23.2 Å². The lowest BCUT2D eigenvalue weighted by molar-refractivity contribution is 0.0699. The highest BCUT2D eigenvalue weighted by Gasteiger charge is 2.19. The first kappa shape index (κ1) is 16.3. The molecule has 3 aromatic carbocycles. The minimum Gasteiger partial charge on any atom is -0.495 e. The first-order chi connectivity index (χ1) is 13.6. The molecule has 1 N–H and O–H groups in total. The van der Waals surface area contributed by atoms with Gasteiger partial charge in [0.05, 0.1) is 23.6 Å². The number of carboxylic acid groups (broad SMARTS) is 1. The Kier molecular flexibility index (Phi) is 3.36. The number of carbonyl (C=O) groups is 1. The van der Waals surface area contributed by atoms with Crippen LogP contribution in [0.25, 0.3) is 43.6 Å². The Morgan fingerprint density at radius 3 is 2.61 bits per heavy atom. The molecule has 0 aliphatic carbocycles. The summed E-state index contributed by atoms with van der Waals surface area (Å²) < 4.78 is 11.6. The largest absolute Gasteiger partial charge is 0.495 e. The van der Waals surface area contributed by atoms with Crippen molar-refractivity contribution in [2.75, 3.05) is 7.11 Å². The van der Waals surface area contributed by atoms with Crippen molar-refractivity contribution in [2.24, 2.45) is 0 Å². The molecule has 0 bridgehead atoms. The van der Waals surface area contributed by atoms with E-state index >= 15 is 0 Å². The summed E-state index contributed by atoms with van der Waals surface area (Å²) in [5, 5.41) is 12.2. The lowest BCUT2D eigenvalue weighted by Crippen LogP contribution is -2.05. The van der Waals surface area contributed by atoms with Crippen molar-refractivity contribution >= 4 is 49.6 Å². The number of methoxy groups -OCH3 is 1. The number of pyridine rings is 1. The van der Waals surface area contributed by atoms with Gasteiger partial charge >= 0.3 is 5.97 Å². The Morgan fingerprint density at radius 1 is 1.04 bits per heavy atom. The van der Waals surface area contributed by atoms with Crippen LogP contribution in [0.3, 0.4) is 0 Å². The number of aromatic nitrogens is 1. The van der Waals surface area contributed by atoms with Gasteiger partial charge < -0.3 is 14.3 Å². The second-order valence-corrected chi connectivity index (χ2v) is 6.44. The fraction of sp³-hybridized carbons (Fsp3) is 0.0455. The molecule has 0 atom stereocenters. The van der Waals surface area contributed by atoms with Crippen LogP contribution in [0.15, 0.2) is 63.9 Å². The van der Waals surface area contributed by atoms with Gasteiger partial charge in [-0.1, -0.05) is 24.3 Å². The second-order valence-electron chi connectivity index (χ2n) is 6.44. The van der Waals surface area contributed by atoms with Crippen LogP contribution in [0.4, 0.5) is 0 Å². The molecule has 0 saturated heterocycles. The van der Waals surface area contributed by atoms with E-state index in [1.807, 2.05) is 0 Å². The third-order valence-electron chi connectivity index (χ3n) is 4.93. The van der Waals surface area contributed by atoms with Crippen molar-refractivity contribution < 1.29 is 19.1 Å². The first-order valence-corrected chi connectivity index (χ1v) is 8.57. The van der Waals surface area contributed by atoms with E-state index in [2.05, 4.69) is 4.98 Å². The Hall–Kier alpha value is -3.93. The maximum absolute atomic E-state index is 13.2. The molecule has 0 radical (unpaired) electrons. The maximum atomic E-state index is 13.2. The quantitative estimate of drug-likeness (QED) is 0.366. The summed E-state index contributed by atoms with van der Waals surface area (Å²) in [4.78, 5) is 29.1. The van der Waals surface area contributed by atoms with Crippen LogP contribution < -0.4 is 10.2 Å². The molecule has 5 aromatic rings. The molecule has 6 nitrogen and oxygen atoms in total. The highest BCUT2D eigenvalue weighted by molar-refractivity contribution is 6.18. The number of hydrogen-bond donors (Lipinski definition) is 1. The number of aromatic carboxylic acids is 1. The van der Waals surface area contributed by atoms with Gasteiger partial charge in [0.15, 0.2) is 0 Å².